The number of aromatic nitrogens is 1. The van der Waals surface area contributed by atoms with Gasteiger partial charge in [0, 0.05) is 19.0 Å². The summed E-state index contributed by atoms with van der Waals surface area (Å²) in [5, 5.41) is 10.1. The summed E-state index contributed by atoms with van der Waals surface area (Å²) >= 11 is 1.45. The third-order valence-electron chi connectivity index (χ3n) is 3.55. The second-order valence-electron chi connectivity index (χ2n) is 5.23. The van der Waals surface area contributed by atoms with Crippen LogP contribution >= 0.6 is 11.3 Å². The highest BCUT2D eigenvalue weighted by molar-refractivity contribution is 7.13. The highest BCUT2D eigenvalue weighted by Crippen LogP contribution is 2.29. The van der Waals surface area contributed by atoms with Crippen LogP contribution in [0.15, 0.2) is 36.5 Å². The first-order chi connectivity index (χ1) is 10.3. The summed E-state index contributed by atoms with van der Waals surface area (Å²) in [5.41, 5.74) is 1.19. The quantitative estimate of drug-likeness (QED) is 0.891. The van der Waals surface area contributed by atoms with Gasteiger partial charge in [-0.3, -0.25) is 4.79 Å². The lowest BCUT2D eigenvalue weighted by molar-refractivity contribution is 0.0712. The third-order valence-corrected chi connectivity index (χ3v) is 4.54. The zero-order valence-corrected chi connectivity index (χ0v) is 12.6. The summed E-state index contributed by atoms with van der Waals surface area (Å²) in [6.45, 7) is 0.424. The van der Waals surface area contributed by atoms with Gasteiger partial charge in [0.2, 0.25) is 0 Å². The van der Waals surface area contributed by atoms with Crippen LogP contribution in [0, 0.1) is 0 Å². The Balaban J connectivity index is 1.70. The van der Waals surface area contributed by atoms with Crippen LogP contribution in [-0.2, 0) is 6.42 Å². The van der Waals surface area contributed by atoms with Crippen LogP contribution in [0.2, 0.25) is 0 Å². The molecule has 1 aromatic heterocycles. The Labute approximate surface area is 128 Å². The maximum absolute atomic E-state index is 12.5. The molecule has 0 atom stereocenters. The Morgan fingerprint density at radius 3 is 2.76 bits per heavy atom. The number of hydrogen-bond donors (Lipinski definition) is 1. The molecule has 0 bridgehead atoms. The van der Waals surface area contributed by atoms with Gasteiger partial charge in [0.25, 0.3) is 5.91 Å². The largest absolute Gasteiger partial charge is 0.395 e. The van der Waals surface area contributed by atoms with Crippen molar-refractivity contribution >= 4 is 17.2 Å². The SMILES string of the molecule is O=C(c1cnc(Cc2ccccc2)s1)N(CCO)C1CC1. The standard InChI is InChI=1S/C16H18N2O2S/c19-9-8-18(13-6-7-13)16(20)14-11-17-15(21-14)10-12-4-2-1-3-5-12/h1-5,11,13,19H,6-10H2. The van der Waals surface area contributed by atoms with Gasteiger partial charge in [0.1, 0.15) is 4.88 Å². The molecule has 1 saturated carbocycles. The lowest BCUT2D eigenvalue weighted by Crippen LogP contribution is -2.35. The van der Waals surface area contributed by atoms with E-state index >= 15 is 0 Å². The molecular formula is C16H18N2O2S. The van der Waals surface area contributed by atoms with Crippen LogP contribution in [0.3, 0.4) is 0 Å². The molecule has 110 valence electrons. The summed E-state index contributed by atoms with van der Waals surface area (Å²) in [6, 6.07) is 10.4. The van der Waals surface area contributed by atoms with E-state index in [1.165, 1.54) is 16.9 Å². The van der Waals surface area contributed by atoms with Gasteiger partial charge in [-0.25, -0.2) is 4.98 Å². The fraction of sp³-hybridized carbons (Fsp3) is 0.375. The molecule has 0 radical (unpaired) electrons. The number of carbonyl (C=O) groups is 1. The molecular weight excluding hydrogens is 284 g/mol. The van der Waals surface area contributed by atoms with Crippen LogP contribution < -0.4 is 0 Å². The minimum Gasteiger partial charge on any atom is -0.395 e. The number of amides is 1. The van der Waals surface area contributed by atoms with Crippen molar-refractivity contribution in [1.29, 1.82) is 0 Å². The first kappa shape index (κ1) is 14.2. The van der Waals surface area contributed by atoms with Crippen molar-refractivity contribution in [3.05, 3.63) is 52.0 Å². The van der Waals surface area contributed by atoms with Gasteiger partial charge in [0.05, 0.1) is 17.8 Å². The molecule has 3 rings (SSSR count). The highest BCUT2D eigenvalue weighted by Gasteiger charge is 2.33. The van der Waals surface area contributed by atoms with E-state index < -0.39 is 0 Å². The van der Waals surface area contributed by atoms with Crippen molar-refractivity contribution in [1.82, 2.24) is 9.88 Å². The Kier molecular flexibility index (Phi) is 4.31. The smallest absolute Gasteiger partial charge is 0.265 e. The van der Waals surface area contributed by atoms with E-state index in [-0.39, 0.29) is 12.5 Å². The van der Waals surface area contributed by atoms with Crippen molar-refractivity contribution in [2.24, 2.45) is 0 Å². The first-order valence-corrected chi connectivity index (χ1v) is 8.00. The maximum Gasteiger partial charge on any atom is 0.265 e. The number of carbonyl (C=O) groups excluding carboxylic acids is 1. The Morgan fingerprint density at radius 2 is 2.10 bits per heavy atom. The predicted molar refractivity (Wildman–Crippen MR) is 82.5 cm³/mol. The monoisotopic (exact) mass is 302 g/mol. The molecule has 4 nitrogen and oxygen atoms in total. The van der Waals surface area contributed by atoms with Gasteiger partial charge in [-0.1, -0.05) is 30.3 Å². The molecule has 1 heterocycles. The molecule has 2 aromatic rings. The third kappa shape index (κ3) is 3.49. The second kappa shape index (κ2) is 6.37. The van der Waals surface area contributed by atoms with Crippen LogP contribution in [0.1, 0.15) is 33.1 Å². The number of aliphatic hydroxyl groups is 1. The van der Waals surface area contributed by atoms with E-state index in [4.69, 9.17) is 5.11 Å². The lowest BCUT2D eigenvalue weighted by atomic mass is 10.2. The van der Waals surface area contributed by atoms with Crippen molar-refractivity contribution in [3.63, 3.8) is 0 Å². The van der Waals surface area contributed by atoms with Crippen molar-refractivity contribution in [2.75, 3.05) is 13.2 Å². The molecule has 1 fully saturated rings. The van der Waals surface area contributed by atoms with Crippen LogP contribution in [0.25, 0.3) is 0 Å². The van der Waals surface area contributed by atoms with Crippen LogP contribution in [0.5, 0.6) is 0 Å². The molecule has 1 aliphatic rings. The van der Waals surface area contributed by atoms with E-state index in [0.717, 1.165) is 24.3 Å². The normalized spacial score (nSPS) is 14.1. The Morgan fingerprint density at radius 1 is 1.33 bits per heavy atom. The molecule has 0 spiro atoms. The maximum atomic E-state index is 12.5. The van der Waals surface area contributed by atoms with E-state index in [2.05, 4.69) is 17.1 Å². The molecule has 0 aliphatic heterocycles. The number of benzene rings is 1. The molecule has 0 saturated heterocycles. The molecule has 0 unspecified atom stereocenters. The Hall–Kier alpha value is -1.72. The van der Waals surface area contributed by atoms with Gasteiger partial charge < -0.3 is 10.0 Å². The molecule has 1 aromatic carbocycles. The predicted octanol–water partition coefficient (Wildman–Crippen LogP) is 2.33. The van der Waals surface area contributed by atoms with Gasteiger partial charge in [-0.15, -0.1) is 11.3 Å². The minimum atomic E-state index is 0.00311. The molecule has 1 amide bonds. The van der Waals surface area contributed by atoms with Crippen molar-refractivity contribution in [3.8, 4) is 0 Å². The molecule has 5 heteroatoms. The van der Waals surface area contributed by atoms with Crippen molar-refractivity contribution < 1.29 is 9.90 Å². The fourth-order valence-electron chi connectivity index (χ4n) is 2.35. The van der Waals surface area contributed by atoms with Gasteiger partial charge in [0.15, 0.2) is 0 Å². The number of nitrogens with zero attached hydrogens (tertiary/aromatic N) is 2. The molecule has 21 heavy (non-hydrogen) atoms. The minimum absolute atomic E-state index is 0.00311. The average molecular weight is 302 g/mol. The van der Waals surface area contributed by atoms with E-state index in [1.807, 2.05) is 18.2 Å². The number of rotatable bonds is 6. The van der Waals surface area contributed by atoms with Crippen molar-refractivity contribution in [2.45, 2.75) is 25.3 Å². The van der Waals surface area contributed by atoms with Gasteiger partial charge >= 0.3 is 0 Å². The van der Waals surface area contributed by atoms with Crippen LogP contribution in [0.4, 0.5) is 0 Å². The van der Waals surface area contributed by atoms with Crippen LogP contribution in [-0.4, -0.2) is 40.1 Å². The second-order valence-corrected chi connectivity index (χ2v) is 6.35. The Bertz CT molecular complexity index is 608. The van der Waals surface area contributed by atoms with Gasteiger partial charge in [-0.2, -0.15) is 0 Å². The topological polar surface area (TPSA) is 53.4 Å². The highest BCUT2D eigenvalue weighted by atomic mass is 32.1. The summed E-state index contributed by atoms with van der Waals surface area (Å²) in [5.74, 6) is 0.00311. The zero-order chi connectivity index (χ0) is 14.7. The molecule has 1 aliphatic carbocycles. The number of aliphatic hydroxyl groups excluding tert-OH is 1. The lowest BCUT2D eigenvalue weighted by Gasteiger charge is -2.20. The number of thiazole rings is 1. The zero-order valence-electron chi connectivity index (χ0n) is 11.7. The van der Waals surface area contributed by atoms with E-state index in [0.29, 0.717) is 17.5 Å². The first-order valence-electron chi connectivity index (χ1n) is 7.18. The molecule has 1 N–H and O–H groups in total. The number of hydrogen-bond acceptors (Lipinski definition) is 4. The average Bonchev–Trinajstić information content (AvgIpc) is 3.24. The summed E-state index contributed by atoms with van der Waals surface area (Å²) in [6.07, 6.45) is 4.50. The summed E-state index contributed by atoms with van der Waals surface area (Å²) in [7, 11) is 0. The van der Waals surface area contributed by atoms with E-state index in [9.17, 15) is 4.79 Å². The summed E-state index contributed by atoms with van der Waals surface area (Å²) in [4.78, 5) is 19.3. The fourth-order valence-corrected chi connectivity index (χ4v) is 3.25. The van der Waals surface area contributed by atoms with Gasteiger partial charge in [-0.05, 0) is 18.4 Å². The summed E-state index contributed by atoms with van der Waals surface area (Å²) < 4.78 is 0. The van der Waals surface area contributed by atoms with E-state index in [1.54, 1.807) is 11.1 Å².